The molecule has 1 atom stereocenters. The van der Waals surface area contributed by atoms with E-state index in [1.54, 1.807) is 23.2 Å². The average molecular weight is 441 g/mol. The van der Waals surface area contributed by atoms with E-state index in [1.807, 2.05) is 12.1 Å². The minimum atomic E-state index is -0.964. The van der Waals surface area contributed by atoms with Gasteiger partial charge in [0.15, 0.2) is 0 Å². The number of benzene rings is 1. The highest BCUT2D eigenvalue weighted by molar-refractivity contribution is 6.01. The Hall–Kier alpha value is -2.91. The van der Waals surface area contributed by atoms with E-state index in [-0.39, 0.29) is 12.3 Å². The van der Waals surface area contributed by atoms with E-state index < -0.39 is 17.9 Å². The number of aromatic amines is 1. The maximum absolute atomic E-state index is 13.2. The molecule has 1 aromatic heterocycles. The summed E-state index contributed by atoms with van der Waals surface area (Å²) < 4.78 is 0. The molecule has 9 nitrogen and oxygen atoms in total. The number of fused-ring (bicyclic) bond motifs is 1. The van der Waals surface area contributed by atoms with Crippen molar-refractivity contribution >= 4 is 28.6 Å². The number of amides is 3. The van der Waals surface area contributed by atoms with Gasteiger partial charge in [0.1, 0.15) is 6.04 Å². The molecule has 2 fully saturated rings. The first-order valence-electron chi connectivity index (χ1n) is 11.3. The molecule has 1 aromatic carbocycles. The topological polar surface area (TPSA) is 115 Å². The number of hydrogen-bond donors (Lipinski definition) is 3. The highest BCUT2D eigenvalue weighted by atomic mass is 16.2. The molecule has 32 heavy (non-hydrogen) atoms. The molecule has 4 N–H and O–H groups in total. The van der Waals surface area contributed by atoms with Gasteiger partial charge in [-0.15, -0.1) is 0 Å². The standard InChI is InChI=1S/C23H32N6O3/c1-27-8-5-18(6-9-27)28-10-12-29(13-11-28)23(32)20(15-21(24)30)26-22(31)17-3-2-16-4-7-25-19(16)14-17/h2-4,7,14,18,20,25H,5-6,8-13,15H2,1H3,(H2,24,30)(H,26,31)/t20-/m0/s1. The Morgan fingerprint density at radius 1 is 1.09 bits per heavy atom. The summed E-state index contributed by atoms with van der Waals surface area (Å²) >= 11 is 0. The van der Waals surface area contributed by atoms with Crippen molar-refractivity contribution in [2.45, 2.75) is 31.3 Å². The van der Waals surface area contributed by atoms with Crippen LogP contribution in [0.25, 0.3) is 10.9 Å². The lowest BCUT2D eigenvalue weighted by molar-refractivity contribution is -0.137. The molecule has 0 aliphatic carbocycles. The van der Waals surface area contributed by atoms with E-state index in [1.165, 1.54) is 0 Å². The summed E-state index contributed by atoms with van der Waals surface area (Å²) in [7, 11) is 2.15. The van der Waals surface area contributed by atoms with Crippen LogP contribution >= 0.6 is 0 Å². The Bertz CT molecular complexity index is 973. The zero-order valence-corrected chi connectivity index (χ0v) is 18.5. The van der Waals surface area contributed by atoms with Crippen LogP contribution in [0.5, 0.6) is 0 Å². The van der Waals surface area contributed by atoms with E-state index in [9.17, 15) is 14.4 Å². The Labute approximate surface area is 187 Å². The Morgan fingerprint density at radius 3 is 2.50 bits per heavy atom. The van der Waals surface area contributed by atoms with Gasteiger partial charge >= 0.3 is 0 Å². The summed E-state index contributed by atoms with van der Waals surface area (Å²) in [5.41, 5.74) is 6.65. The quantitative estimate of drug-likeness (QED) is 0.601. The van der Waals surface area contributed by atoms with Crippen molar-refractivity contribution in [2.75, 3.05) is 46.3 Å². The molecular weight excluding hydrogens is 408 g/mol. The number of nitrogens with one attached hydrogen (secondary N) is 2. The normalized spacial score (nSPS) is 19.7. The number of rotatable bonds is 6. The minimum Gasteiger partial charge on any atom is -0.370 e. The number of hydrogen-bond acceptors (Lipinski definition) is 5. The maximum Gasteiger partial charge on any atom is 0.252 e. The predicted octanol–water partition coefficient (Wildman–Crippen LogP) is 0.380. The van der Waals surface area contributed by atoms with Crippen LogP contribution in [0, 0.1) is 0 Å². The summed E-state index contributed by atoms with van der Waals surface area (Å²) in [5.74, 6) is -1.26. The van der Waals surface area contributed by atoms with Crippen molar-refractivity contribution in [3.8, 4) is 0 Å². The number of piperazine rings is 1. The van der Waals surface area contributed by atoms with E-state index in [0.717, 1.165) is 49.9 Å². The first kappa shape index (κ1) is 22.3. The fraction of sp³-hybridized carbons (Fsp3) is 0.522. The number of likely N-dealkylation sites (tertiary alicyclic amines) is 1. The van der Waals surface area contributed by atoms with Gasteiger partial charge in [0.2, 0.25) is 11.8 Å². The van der Waals surface area contributed by atoms with Crippen LogP contribution < -0.4 is 11.1 Å². The van der Waals surface area contributed by atoms with Crippen molar-refractivity contribution in [3.05, 3.63) is 36.0 Å². The number of H-pyrrole nitrogens is 1. The molecule has 2 aliphatic rings. The Morgan fingerprint density at radius 2 is 1.81 bits per heavy atom. The second-order valence-electron chi connectivity index (χ2n) is 8.87. The summed E-state index contributed by atoms with van der Waals surface area (Å²) in [5, 5.41) is 3.73. The number of carbonyl (C=O) groups excluding carboxylic acids is 3. The molecule has 2 saturated heterocycles. The highest BCUT2D eigenvalue weighted by Gasteiger charge is 2.32. The third-order valence-corrected chi connectivity index (χ3v) is 6.66. The summed E-state index contributed by atoms with van der Waals surface area (Å²) in [4.78, 5) is 47.2. The van der Waals surface area contributed by atoms with E-state index in [4.69, 9.17) is 5.73 Å². The predicted molar refractivity (Wildman–Crippen MR) is 122 cm³/mol. The average Bonchev–Trinajstić information content (AvgIpc) is 3.26. The van der Waals surface area contributed by atoms with Crippen LogP contribution in [0.2, 0.25) is 0 Å². The molecule has 0 saturated carbocycles. The van der Waals surface area contributed by atoms with Gasteiger partial charge in [-0.3, -0.25) is 19.3 Å². The molecule has 0 unspecified atom stereocenters. The number of aromatic nitrogens is 1. The molecule has 0 bridgehead atoms. The second kappa shape index (κ2) is 9.70. The molecule has 0 radical (unpaired) electrons. The largest absolute Gasteiger partial charge is 0.370 e. The van der Waals surface area contributed by atoms with Gasteiger partial charge in [-0.1, -0.05) is 6.07 Å². The SMILES string of the molecule is CN1CCC(N2CCN(C(=O)[C@H](CC(N)=O)NC(=O)c3ccc4cc[nH]c4c3)CC2)CC1. The lowest BCUT2D eigenvalue weighted by Crippen LogP contribution is -2.58. The monoisotopic (exact) mass is 440 g/mol. The second-order valence-corrected chi connectivity index (χ2v) is 8.87. The van der Waals surface area contributed by atoms with Gasteiger partial charge in [0, 0.05) is 49.5 Å². The van der Waals surface area contributed by atoms with Crippen LogP contribution in [0.1, 0.15) is 29.6 Å². The van der Waals surface area contributed by atoms with Gasteiger partial charge in [0.05, 0.1) is 6.42 Å². The van der Waals surface area contributed by atoms with Crippen molar-refractivity contribution < 1.29 is 14.4 Å². The van der Waals surface area contributed by atoms with E-state index in [2.05, 4.69) is 27.1 Å². The highest BCUT2D eigenvalue weighted by Crippen LogP contribution is 2.18. The number of nitrogens with zero attached hydrogens (tertiary/aromatic N) is 3. The first-order valence-corrected chi connectivity index (χ1v) is 11.3. The lowest BCUT2D eigenvalue weighted by atomic mass is 10.0. The fourth-order valence-electron chi connectivity index (χ4n) is 4.72. The Kier molecular flexibility index (Phi) is 6.76. The summed E-state index contributed by atoms with van der Waals surface area (Å²) in [6, 6.07) is 6.80. The van der Waals surface area contributed by atoms with Crippen molar-refractivity contribution in [3.63, 3.8) is 0 Å². The van der Waals surface area contributed by atoms with Crippen LogP contribution in [0.4, 0.5) is 0 Å². The summed E-state index contributed by atoms with van der Waals surface area (Å²) in [6.45, 7) is 4.99. The maximum atomic E-state index is 13.2. The molecular formula is C23H32N6O3. The van der Waals surface area contributed by atoms with Crippen molar-refractivity contribution in [1.82, 2.24) is 25.0 Å². The van der Waals surface area contributed by atoms with Crippen molar-refractivity contribution in [2.24, 2.45) is 5.73 Å². The van der Waals surface area contributed by atoms with E-state index >= 15 is 0 Å². The molecule has 0 spiro atoms. The zero-order chi connectivity index (χ0) is 22.7. The third kappa shape index (κ3) is 5.11. The van der Waals surface area contributed by atoms with Crippen LogP contribution in [-0.4, -0.2) is 95.8 Å². The van der Waals surface area contributed by atoms with Gasteiger partial charge in [0.25, 0.3) is 5.91 Å². The van der Waals surface area contributed by atoms with Gasteiger partial charge < -0.3 is 25.8 Å². The first-order chi connectivity index (χ1) is 15.4. The number of piperidine rings is 1. The molecule has 3 heterocycles. The van der Waals surface area contributed by atoms with Crippen LogP contribution in [0.15, 0.2) is 30.5 Å². The van der Waals surface area contributed by atoms with Crippen molar-refractivity contribution in [1.29, 1.82) is 0 Å². The number of nitrogens with two attached hydrogens (primary N) is 1. The molecule has 2 aromatic rings. The third-order valence-electron chi connectivity index (χ3n) is 6.66. The van der Waals surface area contributed by atoms with Gasteiger partial charge in [-0.2, -0.15) is 0 Å². The minimum absolute atomic E-state index is 0.218. The fourth-order valence-corrected chi connectivity index (χ4v) is 4.72. The van der Waals surface area contributed by atoms with E-state index in [0.29, 0.717) is 24.7 Å². The molecule has 3 amide bonds. The summed E-state index contributed by atoms with van der Waals surface area (Å²) in [6.07, 6.45) is 3.88. The molecule has 2 aliphatic heterocycles. The van der Waals surface area contributed by atoms with Gasteiger partial charge in [-0.25, -0.2) is 0 Å². The van der Waals surface area contributed by atoms with Crippen LogP contribution in [-0.2, 0) is 9.59 Å². The molecule has 172 valence electrons. The van der Waals surface area contributed by atoms with Gasteiger partial charge in [-0.05, 0) is 56.6 Å². The smallest absolute Gasteiger partial charge is 0.252 e. The van der Waals surface area contributed by atoms with Crippen LogP contribution in [0.3, 0.4) is 0 Å². The zero-order valence-electron chi connectivity index (χ0n) is 18.5. The molecule has 4 rings (SSSR count). The number of primary amides is 1. The lowest BCUT2D eigenvalue weighted by Gasteiger charge is -2.42. The number of carbonyl (C=O) groups is 3. The Balaban J connectivity index is 1.37. The molecule has 9 heteroatoms.